The lowest BCUT2D eigenvalue weighted by Gasteiger charge is -2.26. The highest BCUT2D eigenvalue weighted by Crippen LogP contribution is 2.47. The zero-order valence-electron chi connectivity index (χ0n) is 14.6. The van der Waals surface area contributed by atoms with Crippen molar-refractivity contribution in [1.82, 2.24) is 14.5 Å². The van der Waals surface area contributed by atoms with Crippen molar-refractivity contribution in [3.63, 3.8) is 0 Å². The van der Waals surface area contributed by atoms with Gasteiger partial charge >= 0.3 is 0 Å². The second-order valence-corrected chi connectivity index (χ2v) is 8.87. The SMILES string of the molecule is C[C@H]1CN2C(=N[C@@H](c3ccccn3)[C@@H]2c2ccn(C3CCCC3)c2)S1. The van der Waals surface area contributed by atoms with Gasteiger partial charge in [-0.2, -0.15) is 0 Å². The Morgan fingerprint density at radius 3 is 2.84 bits per heavy atom. The number of rotatable bonds is 3. The molecule has 2 fully saturated rings. The Kier molecular flexibility index (Phi) is 3.85. The number of nitrogens with zero attached hydrogens (tertiary/aromatic N) is 4. The predicted molar refractivity (Wildman–Crippen MR) is 103 cm³/mol. The maximum Gasteiger partial charge on any atom is 0.160 e. The van der Waals surface area contributed by atoms with E-state index in [-0.39, 0.29) is 12.1 Å². The van der Waals surface area contributed by atoms with Gasteiger partial charge in [-0.15, -0.1) is 0 Å². The Labute approximate surface area is 153 Å². The molecule has 2 aromatic heterocycles. The van der Waals surface area contributed by atoms with E-state index in [4.69, 9.17) is 4.99 Å². The zero-order chi connectivity index (χ0) is 16.8. The maximum absolute atomic E-state index is 5.07. The molecular weight excluding hydrogens is 328 g/mol. The van der Waals surface area contributed by atoms with Crippen LogP contribution in [0.1, 0.15) is 62.0 Å². The van der Waals surface area contributed by atoms with Crippen molar-refractivity contribution in [3.05, 3.63) is 54.1 Å². The first kappa shape index (κ1) is 15.5. The van der Waals surface area contributed by atoms with Crippen LogP contribution in [0, 0.1) is 0 Å². The van der Waals surface area contributed by atoms with E-state index < -0.39 is 0 Å². The number of thioether (sulfide) groups is 1. The van der Waals surface area contributed by atoms with Crippen molar-refractivity contribution in [1.29, 1.82) is 0 Å². The molecule has 2 aromatic rings. The molecule has 0 bridgehead atoms. The number of amidine groups is 1. The molecule has 25 heavy (non-hydrogen) atoms. The second kappa shape index (κ2) is 6.20. The monoisotopic (exact) mass is 352 g/mol. The fourth-order valence-electron chi connectivity index (χ4n) is 4.51. The Morgan fingerprint density at radius 2 is 2.04 bits per heavy atom. The van der Waals surface area contributed by atoms with Crippen LogP contribution >= 0.6 is 11.8 Å². The molecule has 0 amide bonds. The van der Waals surface area contributed by atoms with Gasteiger partial charge in [0, 0.05) is 36.4 Å². The molecular formula is C20H24N4S. The third-order valence-electron chi connectivity index (χ3n) is 5.71. The van der Waals surface area contributed by atoms with Crippen LogP contribution in [0.25, 0.3) is 0 Å². The Bertz CT molecular complexity index is 778. The summed E-state index contributed by atoms with van der Waals surface area (Å²) in [5.74, 6) is 0. The average Bonchev–Trinajstić information content (AvgIpc) is 3.38. The number of pyridine rings is 1. The Hall–Kier alpha value is -1.75. The minimum absolute atomic E-state index is 0.107. The number of aromatic nitrogens is 2. The van der Waals surface area contributed by atoms with Crippen LogP contribution in [0.4, 0.5) is 0 Å². The predicted octanol–water partition coefficient (Wildman–Crippen LogP) is 4.59. The van der Waals surface area contributed by atoms with Crippen LogP contribution in [0.2, 0.25) is 0 Å². The highest BCUT2D eigenvalue weighted by molar-refractivity contribution is 8.14. The standard InChI is InChI=1S/C20H24N4S/c1-14-12-24-19(15-9-11-23(13-15)16-6-2-3-7-16)18(22-20(24)25-14)17-8-4-5-10-21-17/h4-5,8-11,13-14,16,18-19H,2-3,6-7,12H2,1H3/t14-,18-,19-/m0/s1. The van der Waals surface area contributed by atoms with E-state index in [0.29, 0.717) is 11.3 Å². The van der Waals surface area contributed by atoms with Crippen LogP contribution in [-0.4, -0.2) is 31.4 Å². The number of aliphatic imine (C=N–C) groups is 1. The van der Waals surface area contributed by atoms with E-state index in [1.807, 2.05) is 24.0 Å². The fourth-order valence-corrected chi connectivity index (χ4v) is 5.61. The summed E-state index contributed by atoms with van der Waals surface area (Å²) in [5, 5.41) is 1.81. The van der Waals surface area contributed by atoms with Crippen LogP contribution in [0.3, 0.4) is 0 Å². The second-order valence-electron chi connectivity index (χ2n) is 7.47. The van der Waals surface area contributed by atoms with Crippen molar-refractivity contribution in [2.24, 2.45) is 4.99 Å². The molecule has 0 N–H and O–H groups in total. The molecule has 130 valence electrons. The van der Waals surface area contributed by atoms with E-state index in [9.17, 15) is 0 Å². The van der Waals surface area contributed by atoms with Gasteiger partial charge in [-0.05, 0) is 36.6 Å². The van der Waals surface area contributed by atoms with Crippen LogP contribution < -0.4 is 0 Å². The molecule has 1 aliphatic carbocycles. The third-order valence-corrected chi connectivity index (χ3v) is 6.81. The minimum atomic E-state index is 0.107. The minimum Gasteiger partial charge on any atom is -0.351 e. The smallest absolute Gasteiger partial charge is 0.160 e. The summed E-state index contributed by atoms with van der Waals surface area (Å²) in [7, 11) is 0. The quantitative estimate of drug-likeness (QED) is 0.810. The third kappa shape index (κ3) is 2.69. The van der Waals surface area contributed by atoms with Crippen molar-refractivity contribution in [2.45, 2.75) is 56.0 Å². The molecule has 5 rings (SSSR count). The average molecular weight is 353 g/mol. The number of fused-ring (bicyclic) bond motifs is 1. The molecule has 0 spiro atoms. The summed E-state index contributed by atoms with van der Waals surface area (Å²) in [4.78, 5) is 12.2. The van der Waals surface area contributed by atoms with E-state index in [2.05, 4.69) is 52.0 Å². The Balaban J connectivity index is 1.50. The van der Waals surface area contributed by atoms with Gasteiger partial charge in [0.1, 0.15) is 6.04 Å². The fraction of sp³-hybridized carbons (Fsp3) is 0.500. The molecule has 3 atom stereocenters. The lowest BCUT2D eigenvalue weighted by molar-refractivity contribution is 0.320. The van der Waals surface area contributed by atoms with Gasteiger partial charge in [-0.3, -0.25) is 9.98 Å². The van der Waals surface area contributed by atoms with Gasteiger partial charge in [0.2, 0.25) is 0 Å². The molecule has 1 saturated carbocycles. The first-order valence-electron chi connectivity index (χ1n) is 9.39. The number of hydrogen-bond acceptors (Lipinski definition) is 4. The highest BCUT2D eigenvalue weighted by atomic mass is 32.2. The zero-order valence-corrected chi connectivity index (χ0v) is 15.4. The van der Waals surface area contributed by atoms with E-state index >= 15 is 0 Å². The van der Waals surface area contributed by atoms with Crippen molar-refractivity contribution >= 4 is 16.9 Å². The highest BCUT2D eigenvalue weighted by Gasteiger charge is 2.43. The van der Waals surface area contributed by atoms with E-state index in [1.165, 1.54) is 36.4 Å². The largest absolute Gasteiger partial charge is 0.351 e. The van der Waals surface area contributed by atoms with Gasteiger partial charge in [0.25, 0.3) is 0 Å². The molecule has 5 heteroatoms. The molecule has 4 nitrogen and oxygen atoms in total. The summed E-state index contributed by atoms with van der Waals surface area (Å²) >= 11 is 1.91. The van der Waals surface area contributed by atoms with Gasteiger partial charge in [0.05, 0.1) is 11.7 Å². The Morgan fingerprint density at radius 1 is 1.16 bits per heavy atom. The normalized spacial score (nSPS) is 29.2. The van der Waals surface area contributed by atoms with Crippen LogP contribution in [-0.2, 0) is 0 Å². The topological polar surface area (TPSA) is 33.4 Å². The van der Waals surface area contributed by atoms with Crippen LogP contribution in [0.15, 0.2) is 47.8 Å². The van der Waals surface area contributed by atoms with Gasteiger partial charge in [-0.25, -0.2) is 0 Å². The molecule has 1 saturated heterocycles. The van der Waals surface area contributed by atoms with Gasteiger partial charge in [0.15, 0.2) is 5.17 Å². The molecule has 4 heterocycles. The van der Waals surface area contributed by atoms with Crippen LogP contribution in [0.5, 0.6) is 0 Å². The summed E-state index contributed by atoms with van der Waals surface area (Å²) < 4.78 is 2.45. The lowest BCUT2D eigenvalue weighted by Crippen LogP contribution is -2.28. The van der Waals surface area contributed by atoms with E-state index in [0.717, 1.165) is 12.2 Å². The molecule has 0 aromatic carbocycles. The van der Waals surface area contributed by atoms with Crippen molar-refractivity contribution in [3.8, 4) is 0 Å². The molecule has 2 aliphatic heterocycles. The maximum atomic E-state index is 5.07. The summed E-state index contributed by atoms with van der Waals surface area (Å²) in [5.41, 5.74) is 2.47. The summed E-state index contributed by atoms with van der Waals surface area (Å²) in [6.45, 7) is 3.37. The first-order valence-corrected chi connectivity index (χ1v) is 10.3. The molecule has 3 aliphatic rings. The van der Waals surface area contributed by atoms with Gasteiger partial charge < -0.3 is 9.47 Å². The summed E-state index contributed by atoms with van der Waals surface area (Å²) in [6, 6.07) is 9.56. The van der Waals surface area contributed by atoms with E-state index in [1.54, 1.807) is 0 Å². The summed E-state index contributed by atoms with van der Waals surface area (Å²) in [6.07, 6.45) is 11.9. The first-order chi connectivity index (χ1) is 12.3. The van der Waals surface area contributed by atoms with Gasteiger partial charge in [-0.1, -0.05) is 37.6 Å². The number of hydrogen-bond donors (Lipinski definition) is 0. The van der Waals surface area contributed by atoms with Crippen molar-refractivity contribution < 1.29 is 0 Å². The van der Waals surface area contributed by atoms with Crippen molar-refractivity contribution in [2.75, 3.05) is 6.54 Å². The molecule has 0 radical (unpaired) electrons. The molecule has 0 unspecified atom stereocenters. The lowest BCUT2D eigenvalue weighted by atomic mass is 9.99.